The number of hydrogen-bond donors (Lipinski definition) is 0. The van der Waals surface area contributed by atoms with Gasteiger partial charge in [0.2, 0.25) is 0 Å². The smallest absolute Gasteiger partial charge is 0.0258 e. The second-order valence-corrected chi connectivity index (χ2v) is 3.08. The van der Waals surface area contributed by atoms with Gasteiger partial charge >= 0.3 is 0 Å². The molecule has 0 aliphatic heterocycles. The van der Waals surface area contributed by atoms with Gasteiger partial charge in [0.05, 0.1) is 0 Å². The molecule has 3 heteroatoms. The first-order valence-corrected chi connectivity index (χ1v) is 4.98. The Labute approximate surface area is 89.8 Å². The lowest BCUT2D eigenvalue weighted by Crippen LogP contribution is -1.78. The van der Waals surface area contributed by atoms with Crippen molar-refractivity contribution in [2.45, 2.75) is 19.3 Å². The summed E-state index contributed by atoms with van der Waals surface area (Å²) >= 11 is 0. The maximum absolute atomic E-state index is 8.05. The van der Waals surface area contributed by atoms with Crippen molar-refractivity contribution in [1.29, 1.82) is 0 Å². The molecule has 0 unspecified atom stereocenters. The minimum atomic E-state index is 0.573. The highest BCUT2D eigenvalue weighted by Crippen LogP contribution is 1.97. The molecule has 0 aromatic heterocycles. The quantitative estimate of drug-likeness (QED) is 0.234. The van der Waals surface area contributed by atoms with Crippen LogP contribution in [0.4, 0.5) is 0 Å². The molecule has 0 atom stereocenters. The number of nitrogens with zero attached hydrogens (tertiary/aromatic N) is 3. The standard InChI is InChI=1S/C12H13N3/c13-15-14-11-7-2-1-4-8-12-9-5-3-6-10-12/h3,5-6,9-10H,1-2,7,11H2. The van der Waals surface area contributed by atoms with Gasteiger partial charge in [-0.05, 0) is 30.5 Å². The van der Waals surface area contributed by atoms with Crippen molar-refractivity contribution in [3.8, 4) is 11.8 Å². The second-order valence-electron chi connectivity index (χ2n) is 3.08. The summed E-state index contributed by atoms with van der Waals surface area (Å²) in [6, 6.07) is 9.92. The van der Waals surface area contributed by atoms with Crippen LogP contribution in [0, 0.1) is 11.8 Å². The van der Waals surface area contributed by atoms with Crippen LogP contribution in [0.3, 0.4) is 0 Å². The lowest BCUT2D eigenvalue weighted by Gasteiger charge is -1.89. The number of unbranched alkanes of at least 4 members (excludes halogenated alkanes) is 2. The van der Waals surface area contributed by atoms with Gasteiger partial charge in [0.1, 0.15) is 0 Å². The van der Waals surface area contributed by atoms with Crippen molar-refractivity contribution in [1.82, 2.24) is 0 Å². The van der Waals surface area contributed by atoms with Crippen LogP contribution in [0.2, 0.25) is 0 Å². The third-order valence-corrected chi connectivity index (χ3v) is 1.88. The third kappa shape index (κ3) is 5.41. The van der Waals surface area contributed by atoms with Crippen LogP contribution in [-0.2, 0) is 0 Å². The Hall–Kier alpha value is -1.91. The number of hydrogen-bond acceptors (Lipinski definition) is 1. The molecule has 0 spiro atoms. The van der Waals surface area contributed by atoms with Crippen LogP contribution >= 0.6 is 0 Å². The van der Waals surface area contributed by atoms with E-state index < -0.39 is 0 Å². The molecule has 15 heavy (non-hydrogen) atoms. The van der Waals surface area contributed by atoms with E-state index in [2.05, 4.69) is 21.9 Å². The number of azide groups is 1. The van der Waals surface area contributed by atoms with E-state index in [4.69, 9.17) is 5.53 Å². The molecule has 0 saturated carbocycles. The van der Waals surface area contributed by atoms with Crippen LogP contribution in [0.25, 0.3) is 10.4 Å². The Kier molecular flexibility index (Phi) is 5.58. The van der Waals surface area contributed by atoms with Crippen molar-refractivity contribution < 1.29 is 0 Å². The van der Waals surface area contributed by atoms with Crippen LogP contribution in [0.1, 0.15) is 24.8 Å². The molecule has 0 fully saturated rings. The molecule has 0 aliphatic carbocycles. The lowest BCUT2D eigenvalue weighted by molar-refractivity contribution is 0.764. The summed E-state index contributed by atoms with van der Waals surface area (Å²) < 4.78 is 0. The summed E-state index contributed by atoms with van der Waals surface area (Å²) in [6.45, 7) is 0.573. The Morgan fingerprint density at radius 2 is 2.00 bits per heavy atom. The molecular formula is C12H13N3. The fourth-order valence-corrected chi connectivity index (χ4v) is 1.13. The minimum Gasteiger partial charge on any atom is -0.0979 e. The Morgan fingerprint density at radius 3 is 2.73 bits per heavy atom. The third-order valence-electron chi connectivity index (χ3n) is 1.88. The van der Waals surface area contributed by atoms with Crippen molar-refractivity contribution in [2.24, 2.45) is 5.11 Å². The van der Waals surface area contributed by atoms with E-state index in [0.29, 0.717) is 6.54 Å². The van der Waals surface area contributed by atoms with Gasteiger partial charge in [0, 0.05) is 23.4 Å². The first-order valence-electron chi connectivity index (χ1n) is 4.98. The Balaban J connectivity index is 2.20. The predicted molar refractivity (Wildman–Crippen MR) is 61.2 cm³/mol. The van der Waals surface area contributed by atoms with Crippen LogP contribution in [0.5, 0.6) is 0 Å². The largest absolute Gasteiger partial charge is 0.0979 e. The molecule has 0 saturated heterocycles. The van der Waals surface area contributed by atoms with E-state index in [-0.39, 0.29) is 0 Å². The summed E-state index contributed by atoms with van der Waals surface area (Å²) in [7, 11) is 0. The van der Waals surface area contributed by atoms with Gasteiger partial charge in [-0.15, -0.1) is 0 Å². The maximum Gasteiger partial charge on any atom is 0.0258 e. The van der Waals surface area contributed by atoms with E-state index in [1.807, 2.05) is 30.3 Å². The summed E-state index contributed by atoms with van der Waals surface area (Å²) in [5, 5.41) is 3.46. The van der Waals surface area contributed by atoms with Gasteiger partial charge in [-0.2, -0.15) is 0 Å². The molecule has 0 bridgehead atoms. The van der Waals surface area contributed by atoms with Crippen LogP contribution < -0.4 is 0 Å². The van der Waals surface area contributed by atoms with Gasteiger partial charge in [0.15, 0.2) is 0 Å². The molecule has 76 valence electrons. The average molecular weight is 199 g/mol. The maximum atomic E-state index is 8.05. The van der Waals surface area contributed by atoms with E-state index in [9.17, 15) is 0 Å². The lowest BCUT2D eigenvalue weighted by atomic mass is 10.2. The van der Waals surface area contributed by atoms with Gasteiger partial charge in [0.25, 0.3) is 0 Å². The zero-order valence-electron chi connectivity index (χ0n) is 8.56. The summed E-state index contributed by atoms with van der Waals surface area (Å²) in [4.78, 5) is 2.69. The topological polar surface area (TPSA) is 48.8 Å². The first-order chi connectivity index (χ1) is 7.43. The van der Waals surface area contributed by atoms with Crippen LogP contribution in [-0.4, -0.2) is 6.54 Å². The minimum absolute atomic E-state index is 0.573. The molecule has 0 radical (unpaired) electrons. The summed E-state index contributed by atoms with van der Waals surface area (Å²) in [6.07, 6.45) is 2.75. The van der Waals surface area contributed by atoms with Crippen molar-refractivity contribution in [3.63, 3.8) is 0 Å². The zero-order valence-corrected chi connectivity index (χ0v) is 8.56. The molecule has 0 N–H and O–H groups in total. The van der Waals surface area contributed by atoms with E-state index in [1.165, 1.54) is 0 Å². The highest BCUT2D eigenvalue weighted by molar-refractivity contribution is 5.33. The molecule has 1 rings (SSSR count). The first kappa shape index (κ1) is 11.2. The van der Waals surface area contributed by atoms with E-state index >= 15 is 0 Å². The van der Waals surface area contributed by atoms with Gasteiger partial charge in [-0.25, -0.2) is 0 Å². The number of rotatable bonds is 4. The van der Waals surface area contributed by atoms with Crippen LogP contribution in [0.15, 0.2) is 35.4 Å². The molecule has 3 nitrogen and oxygen atoms in total. The van der Waals surface area contributed by atoms with Crippen molar-refractivity contribution in [2.75, 3.05) is 6.54 Å². The van der Waals surface area contributed by atoms with Gasteiger partial charge in [-0.1, -0.05) is 35.2 Å². The van der Waals surface area contributed by atoms with Crippen molar-refractivity contribution in [3.05, 3.63) is 46.3 Å². The zero-order chi connectivity index (χ0) is 10.8. The Morgan fingerprint density at radius 1 is 1.20 bits per heavy atom. The highest BCUT2D eigenvalue weighted by atomic mass is 15.1. The van der Waals surface area contributed by atoms with E-state index in [1.54, 1.807) is 0 Å². The molecule has 0 heterocycles. The SMILES string of the molecule is [N-]=[N+]=NCCCCC#Cc1ccccc1. The van der Waals surface area contributed by atoms with E-state index in [0.717, 1.165) is 24.8 Å². The highest BCUT2D eigenvalue weighted by Gasteiger charge is 1.84. The summed E-state index contributed by atoms with van der Waals surface area (Å²) in [5.74, 6) is 6.18. The fourth-order valence-electron chi connectivity index (χ4n) is 1.13. The number of benzene rings is 1. The molecule has 1 aromatic carbocycles. The Bertz CT molecular complexity index is 380. The molecular weight excluding hydrogens is 186 g/mol. The van der Waals surface area contributed by atoms with Gasteiger partial charge < -0.3 is 0 Å². The van der Waals surface area contributed by atoms with Gasteiger partial charge in [-0.3, -0.25) is 0 Å². The summed E-state index contributed by atoms with van der Waals surface area (Å²) in [5.41, 5.74) is 9.10. The second kappa shape index (κ2) is 7.49. The molecule has 0 aliphatic rings. The monoisotopic (exact) mass is 199 g/mol. The predicted octanol–water partition coefficient (Wildman–Crippen LogP) is 3.52. The molecule has 0 amide bonds. The fraction of sp³-hybridized carbons (Fsp3) is 0.333. The van der Waals surface area contributed by atoms with Crippen molar-refractivity contribution >= 4 is 0 Å². The molecule has 1 aromatic rings. The normalized spacial score (nSPS) is 8.53. The average Bonchev–Trinajstić information content (AvgIpc) is 2.29.